The van der Waals surface area contributed by atoms with Crippen LogP contribution in [-0.2, 0) is 0 Å². The van der Waals surface area contributed by atoms with Gasteiger partial charge in [-0.15, -0.1) is 0 Å². The lowest BCUT2D eigenvalue weighted by molar-refractivity contribution is 1.42. The summed E-state index contributed by atoms with van der Waals surface area (Å²) in [6, 6.07) is 28.1. The third-order valence-corrected chi connectivity index (χ3v) is 10.8. The first-order valence-corrected chi connectivity index (χ1v) is 16.0. The smallest absolute Gasteiger partial charge is 0.194 e. The molecule has 57 heavy (non-hydrogen) atoms. The second kappa shape index (κ2) is 14.8. The summed E-state index contributed by atoms with van der Waals surface area (Å²) in [5, 5.41) is 165. The van der Waals surface area contributed by atoms with Crippen molar-refractivity contribution in [2.45, 2.75) is 0 Å². The largest absolute Gasteiger partial charge is 0.282 e. The summed E-state index contributed by atoms with van der Waals surface area (Å²) in [7, 11) is 0. The van der Waals surface area contributed by atoms with Gasteiger partial charge < -0.3 is 0 Å². The summed E-state index contributed by atoms with van der Waals surface area (Å²) < 4.78 is -0.574. The second-order valence-electron chi connectivity index (χ2n) is 11.5. The molecule has 0 amide bonds. The van der Waals surface area contributed by atoms with E-state index in [1.165, 1.54) is 0 Å². The van der Waals surface area contributed by atoms with E-state index in [1.807, 2.05) is 0 Å². The summed E-state index contributed by atoms with van der Waals surface area (Å²) in [5.74, 6) is 0. The van der Waals surface area contributed by atoms with Crippen molar-refractivity contribution < 1.29 is 0 Å². The molecule has 0 spiro atoms. The van der Waals surface area contributed by atoms with E-state index in [0.29, 0.717) is 11.3 Å². The van der Waals surface area contributed by atoms with E-state index in [4.69, 9.17) is 0 Å². The van der Waals surface area contributed by atoms with Crippen molar-refractivity contribution in [1.29, 1.82) is 84.2 Å². The minimum Gasteiger partial charge on any atom is -0.194 e. The minimum atomic E-state index is -1.84. The quantitative estimate of drug-likeness (QED) is 0.358. The zero-order valence-electron chi connectivity index (χ0n) is 27.9. The molecule has 1 aromatic heterocycles. The van der Waals surface area contributed by atoms with Crippen LogP contribution in [0.5, 0.6) is 0 Å². The number of hydrogen-bond donors (Lipinski definition) is 0. The van der Waals surface area contributed by atoms with Gasteiger partial charge in [-0.2, -0.15) is 95.5 Å². The third kappa shape index (κ3) is 4.89. The van der Waals surface area contributed by atoms with Crippen LogP contribution in [0.4, 0.5) is 0 Å². The molecule has 4 aliphatic heterocycles. The first kappa shape index (κ1) is 38.0. The maximum atomic E-state index is 10.6. The van der Waals surface area contributed by atoms with Gasteiger partial charge in [0.25, 0.3) is 26.9 Å². The van der Waals surface area contributed by atoms with Crippen LogP contribution in [-0.4, -0.2) is 26.9 Å². The highest BCUT2D eigenvalue weighted by Crippen LogP contribution is 2.37. The molecular formula is C36B4N16S. The molecule has 0 saturated carbocycles. The number of nitrogens with zero attached hydrogens (tertiary/aromatic N) is 16. The van der Waals surface area contributed by atoms with E-state index in [-0.39, 0.29) is 20.5 Å². The number of hydrogen-bond acceptors (Lipinski definition) is 17. The van der Waals surface area contributed by atoms with Gasteiger partial charge in [-0.05, 0) is 9.55 Å². The van der Waals surface area contributed by atoms with Crippen molar-refractivity contribution >= 4 is 58.7 Å². The summed E-state index contributed by atoms with van der Waals surface area (Å²) >= 11 is 0.528. The van der Waals surface area contributed by atoms with Crippen molar-refractivity contribution in [1.82, 2.24) is 0 Å². The first-order chi connectivity index (χ1) is 27.7. The van der Waals surface area contributed by atoms with Crippen LogP contribution in [0, 0.1) is 181 Å². The molecule has 0 unspecified atom stereocenters. The minimum absolute atomic E-state index is 0.287. The highest BCUT2D eigenvalue weighted by molar-refractivity contribution is 7.39. The number of rotatable bonds is 4. The fourth-order valence-corrected chi connectivity index (χ4v) is 8.94. The van der Waals surface area contributed by atoms with Crippen molar-refractivity contribution in [3.05, 3.63) is 88.4 Å². The molecule has 4 aliphatic rings. The molecule has 21 heteroatoms. The van der Waals surface area contributed by atoms with Crippen LogP contribution in [0.1, 0.15) is 0 Å². The maximum Gasteiger partial charge on any atom is 0.282 e. The average Bonchev–Trinajstić information content (AvgIpc) is 4.02. The summed E-state index contributed by atoms with van der Waals surface area (Å²) in [5.41, 5.74) is -9.70. The van der Waals surface area contributed by atoms with Crippen molar-refractivity contribution in [3.8, 4) is 97.1 Å². The van der Waals surface area contributed by atoms with Gasteiger partial charge in [0.1, 0.15) is 48.6 Å². The second-order valence-corrected chi connectivity index (χ2v) is 12.6. The fraction of sp³-hybridized carbons (Fsp3) is 0. The Balaban J connectivity index is 2.26. The molecule has 16 nitrogen and oxygen atoms in total. The van der Waals surface area contributed by atoms with Gasteiger partial charge in [-0.25, -0.2) is 0 Å². The molecule has 0 atom stereocenters. The molecule has 1 aromatic rings. The Morgan fingerprint density at radius 1 is 0.228 bits per heavy atom. The highest BCUT2D eigenvalue weighted by atomic mass is 32.1. The fourth-order valence-electron chi connectivity index (χ4n) is 7.32. The lowest BCUT2D eigenvalue weighted by Gasteiger charge is -2.20. The molecule has 0 bridgehead atoms. The predicted molar refractivity (Wildman–Crippen MR) is 192 cm³/mol. The van der Waals surface area contributed by atoms with Crippen molar-refractivity contribution in [2.24, 2.45) is 0 Å². The number of allylic oxidation sites excluding steroid dienone is 16. The van der Waals surface area contributed by atoms with Crippen molar-refractivity contribution in [3.63, 3.8) is 0 Å². The van der Waals surface area contributed by atoms with Crippen LogP contribution in [0.3, 0.4) is 0 Å². The normalized spacial score (nSPS) is 15.4. The monoisotopic (exact) mass is 732 g/mol. The summed E-state index contributed by atoms with van der Waals surface area (Å²) in [6.45, 7) is -7.16. The van der Waals surface area contributed by atoms with E-state index < -0.39 is 115 Å². The Hall–Kier alpha value is -10.3. The Bertz CT molecular complexity index is 2870. The highest BCUT2D eigenvalue weighted by Gasteiger charge is 2.54. The zero-order chi connectivity index (χ0) is 41.9. The average molecular weight is 732 g/mol. The van der Waals surface area contributed by atoms with Gasteiger partial charge in [0, 0.05) is 43.8 Å². The SMILES string of the molecule is N#CC1=C(C#N)C(C#N)=C(C#N)B1c1sc(B2C(C#N)=C(C#N)C(C#N)=C2C#N)c(B2C(C#N)=C(C#N)C(C#N)=C2C#N)c1B1C(C#N)=C(C#N)C(C#N)=C1C#N. The standard InChI is InChI=1S/C36B4N16S/c41-1-17-18(2-42)26(10-50)37(25(17)9-49)33-34(38-27(11-51)19(3-43)20(4-44)28(38)12-52)36(40-31(15-55)23(7-47)24(8-48)32(40)16-56)57-35(33)39-29(13-53)21(5-45)22(6-46)30(39)14-54. The lowest BCUT2D eigenvalue weighted by atomic mass is 9.24. The molecule has 0 N–H and O–H groups in total. The van der Waals surface area contributed by atoms with Gasteiger partial charge in [0.15, 0.2) is 0 Å². The predicted octanol–water partition coefficient (Wildman–Crippen LogP) is -0.327. The molecule has 5 rings (SSSR count). The molecule has 0 saturated heterocycles. The molecule has 0 fully saturated rings. The Labute approximate surface area is 327 Å². The molecule has 242 valence electrons. The van der Waals surface area contributed by atoms with Gasteiger partial charge in [-0.1, -0.05) is 10.9 Å². The van der Waals surface area contributed by atoms with E-state index in [1.54, 1.807) is 97.1 Å². The van der Waals surface area contributed by atoms with Gasteiger partial charge in [-0.3, -0.25) is 0 Å². The van der Waals surface area contributed by atoms with Gasteiger partial charge >= 0.3 is 0 Å². The lowest BCUT2D eigenvalue weighted by Crippen LogP contribution is -2.61. The van der Waals surface area contributed by atoms with E-state index in [0.717, 1.165) is 0 Å². The zero-order valence-corrected chi connectivity index (χ0v) is 28.7. The summed E-state index contributed by atoms with van der Waals surface area (Å²) in [6.07, 6.45) is 0. The molecule has 0 aliphatic carbocycles. The molecule has 0 radical (unpaired) electrons. The topological polar surface area (TPSA) is 381 Å². The van der Waals surface area contributed by atoms with E-state index >= 15 is 0 Å². The summed E-state index contributed by atoms with van der Waals surface area (Å²) in [4.78, 5) is 0. The molecular weight excluding hydrogens is 732 g/mol. The van der Waals surface area contributed by atoms with Crippen LogP contribution < -0.4 is 20.5 Å². The Morgan fingerprint density at radius 2 is 0.386 bits per heavy atom. The Kier molecular flexibility index (Phi) is 9.83. The third-order valence-electron chi connectivity index (χ3n) is 9.46. The van der Waals surface area contributed by atoms with Gasteiger partial charge in [0.05, 0.1) is 93.1 Å². The number of nitriles is 16. The van der Waals surface area contributed by atoms with E-state index in [9.17, 15) is 84.2 Å². The van der Waals surface area contributed by atoms with Crippen LogP contribution in [0.15, 0.2) is 88.4 Å². The maximum absolute atomic E-state index is 10.6. The van der Waals surface area contributed by atoms with E-state index in [2.05, 4.69) is 0 Å². The van der Waals surface area contributed by atoms with Crippen LogP contribution in [0.2, 0.25) is 0 Å². The van der Waals surface area contributed by atoms with Gasteiger partial charge in [0.2, 0.25) is 0 Å². The van der Waals surface area contributed by atoms with Crippen molar-refractivity contribution in [2.75, 3.05) is 0 Å². The molecule has 0 aromatic carbocycles. The van der Waals surface area contributed by atoms with Crippen LogP contribution in [0.25, 0.3) is 0 Å². The Morgan fingerprint density at radius 3 is 0.526 bits per heavy atom. The molecule has 5 heterocycles. The van der Waals surface area contributed by atoms with Crippen LogP contribution >= 0.6 is 11.3 Å². The number of thiophene rings is 1. The first-order valence-electron chi connectivity index (χ1n) is 15.2.